The second kappa shape index (κ2) is 6.88. The lowest BCUT2D eigenvalue weighted by Gasteiger charge is -2.20. The molecule has 0 bridgehead atoms. The molecule has 0 saturated heterocycles. The Hall–Kier alpha value is -3.34. The van der Waals surface area contributed by atoms with Crippen molar-refractivity contribution in [2.75, 3.05) is 13.2 Å². The van der Waals surface area contributed by atoms with E-state index in [1.165, 1.54) is 6.26 Å². The number of rotatable bonds is 1. The lowest BCUT2D eigenvalue weighted by atomic mass is 10.0. The molecule has 26 heavy (non-hydrogen) atoms. The Morgan fingerprint density at radius 2 is 1.96 bits per heavy atom. The summed E-state index contributed by atoms with van der Waals surface area (Å²) in [5.41, 5.74) is 2.05. The normalized spacial score (nSPS) is 18.1. The van der Waals surface area contributed by atoms with Crippen molar-refractivity contribution in [3.63, 3.8) is 0 Å². The summed E-state index contributed by atoms with van der Waals surface area (Å²) in [6, 6.07) is 1.73. The van der Waals surface area contributed by atoms with Crippen LogP contribution in [0.1, 0.15) is 11.3 Å². The van der Waals surface area contributed by atoms with Gasteiger partial charge in [0.25, 0.3) is 0 Å². The summed E-state index contributed by atoms with van der Waals surface area (Å²) in [6.07, 6.45) is 14.7. The molecule has 5 nitrogen and oxygen atoms in total. The summed E-state index contributed by atoms with van der Waals surface area (Å²) in [6.45, 7) is 4.82. The first-order valence-corrected chi connectivity index (χ1v) is 8.34. The van der Waals surface area contributed by atoms with E-state index < -0.39 is 0 Å². The number of fused-ring (bicyclic) bond motifs is 2. The summed E-state index contributed by atoms with van der Waals surface area (Å²) in [5.74, 6) is 1.58. The van der Waals surface area contributed by atoms with E-state index in [0.717, 1.165) is 5.57 Å². The molecule has 0 spiro atoms. The minimum absolute atomic E-state index is 0.134. The van der Waals surface area contributed by atoms with Crippen LogP contribution in [0.5, 0.6) is 11.5 Å². The van der Waals surface area contributed by atoms with E-state index in [-0.39, 0.29) is 5.43 Å². The van der Waals surface area contributed by atoms with Crippen molar-refractivity contribution in [3.8, 4) is 22.8 Å². The van der Waals surface area contributed by atoms with Crippen LogP contribution in [0.25, 0.3) is 17.3 Å². The van der Waals surface area contributed by atoms with E-state index in [0.29, 0.717) is 53.7 Å². The molecule has 2 aromatic rings. The first-order chi connectivity index (χ1) is 12.7. The second-order valence-corrected chi connectivity index (χ2v) is 5.90. The van der Waals surface area contributed by atoms with Gasteiger partial charge >= 0.3 is 0 Å². The summed E-state index contributed by atoms with van der Waals surface area (Å²) in [5, 5.41) is 0. The summed E-state index contributed by atoms with van der Waals surface area (Å²) in [7, 11) is 0. The van der Waals surface area contributed by atoms with Crippen molar-refractivity contribution in [2.24, 2.45) is 0 Å². The third-order valence-corrected chi connectivity index (χ3v) is 4.16. The zero-order valence-corrected chi connectivity index (χ0v) is 14.1. The van der Waals surface area contributed by atoms with Gasteiger partial charge in [-0.15, -0.1) is 0 Å². The van der Waals surface area contributed by atoms with Crippen LogP contribution in [0.15, 0.2) is 70.3 Å². The number of aromatic nitrogens is 1. The van der Waals surface area contributed by atoms with Gasteiger partial charge in [0.15, 0.2) is 16.9 Å². The molecule has 0 saturated carbocycles. The lowest BCUT2D eigenvalue weighted by molar-refractivity contribution is 0.171. The van der Waals surface area contributed by atoms with Crippen molar-refractivity contribution < 1.29 is 13.9 Å². The molecule has 0 unspecified atom stereocenters. The smallest absolute Gasteiger partial charge is 0.198 e. The molecular formula is C21H17NO4. The zero-order valence-electron chi connectivity index (χ0n) is 14.1. The highest BCUT2D eigenvalue weighted by Gasteiger charge is 2.22. The van der Waals surface area contributed by atoms with Crippen LogP contribution in [0.2, 0.25) is 0 Å². The van der Waals surface area contributed by atoms with Crippen LogP contribution >= 0.6 is 0 Å². The first-order valence-electron chi connectivity index (χ1n) is 8.34. The molecular weight excluding hydrogens is 330 g/mol. The number of hydrogen-bond acceptors (Lipinski definition) is 5. The van der Waals surface area contributed by atoms with Crippen LogP contribution in [0, 0.1) is 0 Å². The van der Waals surface area contributed by atoms with Crippen LogP contribution in [-0.2, 0) is 6.42 Å². The maximum atomic E-state index is 13.1. The summed E-state index contributed by atoms with van der Waals surface area (Å²) in [4.78, 5) is 17.5. The maximum absolute atomic E-state index is 13.1. The highest BCUT2D eigenvalue weighted by Crippen LogP contribution is 2.37. The molecule has 0 radical (unpaired) electrons. The Balaban J connectivity index is 1.87. The SMILES string of the molecule is C=C1C=Cc2occ(-c3nccc4c3OCCO4)c(=O)c2C/C=C\C=C/1. The topological polar surface area (TPSA) is 61.6 Å². The Morgan fingerprint density at radius 1 is 1.08 bits per heavy atom. The predicted octanol–water partition coefficient (Wildman–Crippen LogP) is 3.71. The van der Waals surface area contributed by atoms with Gasteiger partial charge < -0.3 is 13.9 Å². The molecule has 130 valence electrons. The molecule has 0 aromatic carbocycles. The Bertz CT molecular complexity index is 1010. The molecule has 0 N–H and O–H groups in total. The van der Waals surface area contributed by atoms with E-state index in [1.807, 2.05) is 30.4 Å². The highest BCUT2D eigenvalue weighted by atomic mass is 16.6. The van der Waals surface area contributed by atoms with Crippen LogP contribution in [0.4, 0.5) is 0 Å². The standard InChI is InChI=1S/C21H17NO4/c1-14-5-3-2-4-6-15-17(8-7-14)26-13-16(20(15)23)19-21-18(9-10-22-19)24-11-12-25-21/h2-5,7-10,13H,1,6,11-12H2/b4-2-,5-3-,8-7?. The highest BCUT2D eigenvalue weighted by molar-refractivity contribution is 5.70. The van der Waals surface area contributed by atoms with Crippen molar-refractivity contribution in [1.29, 1.82) is 0 Å². The third-order valence-electron chi connectivity index (χ3n) is 4.16. The second-order valence-electron chi connectivity index (χ2n) is 5.90. The first kappa shape index (κ1) is 16.1. The van der Waals surface area contributed by atoms with Crippen LogP contribution < -0.4 is 14.9 Å². The lowest BCUT2D eigenvalue weighted by Crippen LogP contribution is -2.18. The number of pyridine rings is 1. The van der Waals surface area contributed by atoms with Gasteiger partial charge in [0.1, 0.15) is 30.9 Å². The number of hydrogen-bond donors (Lipinski definition) is 0. The van der Waals surface area contributed by atoms with Gasteiger partial charge in [0.05, 0.1) is 5.56 Å². The Morgan fingerprint density at radius 3 is 2.88 bits per heavy atom. The molecule has 4 rings (SSSR count). The van der Waals surface area contributed by atoms with Gasteiger partial charge in [0, 0.05) is 17.8 Å². The van der Waals surface area contributed by atoms with E-state index in [1.54, 1.807) is 18.3 Å². The maximum Gasteiger partial charge on any atom is 0.198 e. The quantitative estimate of drug-likeness (QED) is 0.787. The number of allylic oxidation sites excluding steroid dienone is 6. The van der Waals surface area contributed by atoms with Gasteiger partial charge in [-0.3, -0.25) is 9.78 Å². The average molecular weight is 347 g/mol. The molecule has 0 fully saturated rings. The van der Waals surface area contributed by atoms with Crippen molar-refractivity contribution in [3.05, 3.63) is 82.6 Å². The number of nitrogens with zero attached hydrogens (tertiary/aromatic N) is 1. The molecule has 1 aliphatic carbocycles. The van der Waals surface area contributed by atoms with Crippen LogP contribution in [-0.4, -0.2) is 18.2 Å². The zero-order chi connectivity index (χ0) is 17.9. The average Bonchev–Trinajstić information content (AvgIpc) is 2.67. The number of ether oxygens (including phenoxy) is 2. The largest absolute Gasteiger partial charge is 0.486 e. The van der Waals surface area contributed by atoms with Gasteiger partial charge in [-0.2, -0.15) is 0 Å². The molecule has 1 aliphatic heterocycles. The molecule has 0 amide bonds. The van der Waals surface area contributed by atoms with E-state index in [9.17, 15) is 4.79 Å². The third kappa shape index (κ3) is 2.99. The Labute approximate surface area is 150 Å². The molecule has 3 heterocycles. The monoisotopic (exact) mass is 347 g/mol. The molecule has 2 aromatic heterocycles. The van der Waals surface area contributed by atoms with E-state index in [2.05, 4.69) is 11.6 Å². The van der Waals surface area contributed by atoms with Gasteiger partial charge in [0.2, 0.25) is 0 Å². The fraction of sp³-hybridized carbons (Fsp3) is 0.143. The molecule has 0 atom stereocenters. The van der Waals surface area contributed by atoms with E-state index in [4.69, 9.17) is 13.9 Å². The summed E-state index contributed by atoms with van der Waals surface area (Å²) < 4.78 is 17.0. The van der Waals surface area contributed by atoms with E-state index >= 15 is 0 Å². The van der Waals surface area contributed by atoms with Gasteiger partial charge in [-0.25, -0.2) is 0 Å². The minimum atomic E-state index is -0.134. The fourth-order valence-electron chi connectivity index (χ4n) is 2.87. The van der Waals surface area contributed by atoms with Crippen molar-refractivity contribution in [2.45, 2.75) is 6.42 Å². The van der Waals surface area contributed by atoms with Crippen molar-refractivity contribution in [1.82, 2.24) is 4.98 Å². The van der Waals surface area contributed by atoms with Crippen LogP contribution in [0.3, 0.4) is 0 Å². The van der Waals surface area contributed by atoms with Gasteiger partial charge in [-0.05, 0) is 18.1 Å². The fourth-order valence-corrected chi connectivity index (χ4v) is 2.87. The predicted molar refractivity (Wildman–Crippen MR) is 99.4 cm³/mol. The Kier molecular flexibility index (Phi) is 4.27. The van der Waals surface area contributed by atoms with Gasteiger partial charge in [-0.1, -0.05) is 37.0 Å². The minimum Gasteiger partial charge on any atom is -0.486 e. The molecule has 5 heteroatoms. The van der Waals surface area contributed by atoms with Crippen molar-refractivity contribution >= 4 is 6.08 Å². The summed E-state index contributed by atoms with van der Waals surface area (Å²) >= 11 is 0. The molecule has 2 aliphatic rings.